The van der Waals surface area contributed by atoms with Crippen LogP contribution >= 0.6 is 0 Å². The minimum atomic E-state index is -4.61. The molecule has 2 aromatic rings. The summed E-state index contributed by atoms with van der Waals surface area (Å²) in [6, 6.07) is 15.2. The van der Waals surface area contributed by atoms with Crippen molar-refractivity contribution in [2.75, 3.05) is 0 Å². The molecule has 2 rings (SSSR count). The molecule has 0 bridgehead atoms. The van der Waals surface area contributed by atoms with Crippen molar-refractivity contribution in [1.29, 1.82) is 0 Å². The van der Waals surface area contributed by atoms with Crippen molar-refractivity contribution in [2.45, 2.75) is 38.7 Å². The Morgan fingerprint density at radius 1 is 0.833 bits per heavy atom. The molecule has 0 amide bonds. The Labute approximate surface area is 171 Å². The van der Waals surface area contributed by atoms with Crippen LogP contribution in [0.3, 0.4) is 0 Å². The third kappa shape index (κ3) is 6.72. The second-order valence-electron chi connectivity index (χ2n) is 6.79. The lowest BCUT2D eigenvalue weighted by Crippen LogP contribution is -2.38. The van der Waals surface area contributed by atoms with Gasteiger partial charge in [0.1, 0.15) is 12.2 Å². The number of ether oxygens (including phenoxy) is 2. The van der Waals surface area contributed by atoms with Crippen molar-refractivity contribution in [3.05, 3.63) is 71.8 Å². The van der Waals surface area contributed by atoms with Crippen molar-refractivity contribution < 1.29 is 37.0 Å². The van der Waals surface area contributed by atoms with Crippen LogP contribution in [0.15, 0.2) is 60.7 Å². The van der Waals surface area contributed by atoms with Gasteiger partial charge in [-0.3, -0.25) is 4.79 Å². The van der Waals surface area contributed by atoms with Gasteiger partial charge in [0.2, 0.25) is 0 Å². The molecule has 0 heterocycles. The van der Waals surface area contributed by atoms with Gasteiger partial charge in [-0.2, -0.15) is 13.2 Å². The maximum absolute atomic E-state index is 13.0. The zero-order valence-corrected chi connectivity index (χ0v) is 16.4. The summed E-state index contributed by atoms with van der Waals surface area (Å²) in [4.78, 5) is 36.5. The maximum atomic E-state index is 13.0. The molecule has 5 nitrogen and oxygen atoms in total. The average Bonchev–Trinajstić information content (AvgIpc) is 2.72. The van der Waals surface area contributed by atoms with Crippen LogP contribution in [-0.2, 0) is 14.3 Å². The van der Waals surface area contributed by atoms with Crippen LogP contribution in [0.4, 0.5) is 13.2 Å². The number of hydrogen-bond acceptors (Lipinski definition) is 5. The number of carbonyl (C=O) groups is 3. The summed E-state index contributed by atoms with van der Waals surface area (Å²) >= 11 is 0. The highest BCUT2D eigenvalue weighted by Crippen LogP contribution is 2.29. The second kappa shape index (κ2) is 10.0. The third-order valence-corrected chi connectivity index (χ3v) is 4.54. The first kappa shape index (κ1) is 23.1. The van der Waals surface area contributed by atoms with Crippen molar-refractivity contribution in [1.82, 2.24) is 0 Å². The van der Waals surface area contributed by atoms with Gasteiger partial charge in [0.15, 0.2) is 0 Å². The van der Waals surface area contributed by atoms with Crippen molar-refractivity contribution in [3.8, 4) is 0 Å². The Kier molecular flexibility index (Phi) is 7.74. The number of hydrogen-bond donors (Lipinski definition) is 0. The maximum Gasteiger partial charge on any atom is 0.392 e. The number of alkyl halides is 3. The summed E-state index contributed by atoms with van der Waals surface area (Å²) in [5, 5.41) is 0. The first-order chi connectivity index (χ1) is 14.1. The van der Waals surface area contributed by atoms with E-state index in [0.29, 0.717) is 0 Å². The molecule has 30 heavy (non-hydrogen) atoms. The zero-order chi connectivity index (χ0) is 22.3. The highest BCUT2D eigenvalue weighted by molar-refractivity contribution is 6.40. The highest BCUT2D eigenvalue weighted by Gasteiger charge is 2.39. The van der Waals surface area contributed by atoms with E-state index in [4.69, 9.17) is 9.47 Å². The Morgan fingerprint density at radius 2 is 1.33 bits per heavy atom. The quantitative estimate of drug-likeness (QED) is 0.353. The van der Waals surface area contributed by atoms with Crippen LogP contribution in [0.25, 0.3) is 0 Å². The average molecular weight is 422 g/mol. The Balaban J connectivity index is 2.10. The molecule has 0 saturated heterocycles. The number of halogens is 3. The minimum Gasteiger partial charge on any atom is -0.458 e. The molecular formula is C22H21F3O5. The largest absolute Gasteiger partial charge is 0.458 e. The standard InChI is InChI=1S/C22H21F3O5/c1-14(15(2)29-21(28)19(26)16-9-5-3-6-10-16)18(13-22(23,24)25)30-20(27)17-11-7-4-8-12-17/h3-12,14-15,18H,13H2,1-2H3. The normalized spacial score (nSPS) is 14.3. The van der Waals surface area contributed by atoms with E-state index in [1.54, 1.807) is 36.4 Å². The van der Waals surface area contributed by atoms with E-state index in [2.05, 4.69) is 0 Å². The van der Waals surface area contributed by atoms with Crippen LogP contribution in [0, 0.1) is 5.92 Å². The number of rotatable bonds is 8. The summed E-state index contributed by atoms with van der Waals surface area (Å²) in [5.41, 5.74) is 0.200. The lowest BCUT2D eigenvalue weighted by atomic mass is 9.96. The van der Waals surface area contributed by atoms with E-state index in [9.17, 15) is 27.6 Å². The third-order valence-electron chi connectivity index (χ3n) is 4.54. The molecular weight excluding hydrogens is 401 g/mol. The predicted molar refractivity (Wildman–Crippen MR) is 102 cm³/mol. The van der Waals surface area contributed by atoms with E-state index in [-0.39, 0.29) is 11.1 Å². The molecule has 0 radical (unpaired) electrons. The molecule has 0 aliphatic rings. The molecule has 160 valence electrons. The molecule has 0 N–H and O–H groups in total. The highest BCUT2D eigenvalue weighted by atomic mass is 19.4. The number of ketones is 1. The summed E-state index contributed by atoms with van der Waals surface area (Å²) in [6.45, 7) is 2.71. The summed E-state index contributed by atoms with van der Waals surface area (Å²) in [7, 11) is 0. The molecule has 0 saturated carbocycles. The van der Waals surface area contributed by atoms with E-state index in [1.807, 2.05) is 0 Å². The summed E-state index contributed by atoms with van der Waals surface area (Å²) < 4.78 is 49.3. The van der Waals surface area contributed by atoms with Crippen LogP contribution in [-0.4, -0.2) is 36.1 Å². The molecule has 3 atom stereocenters. The fourth-order valence-corrected chi connectivity index (χ4v) is 2.68. The van der Waals surface area contributed by atoms with Crippen molar-refractivity contribution in [3.63, 3.8) is 0 Å². The Bertz CT molecular complexity index is 865. The van der Waals surface area contributed by atoms with E-state index in [1.165, 1.54) is 38.1 Å². The molecule has 3 unspecified atom stereocenters. The fraction of sp³-hybridized carbons (Fsp3) is 0.318. The fourth-order valence-electron chi connectivity index (χ4n) is 2.68. The van der Waals surface area contributed by atoms with Gasteiger partial charge in [-0.05, 0) is 19.1 Å². The molecule has 0 aromatic heterocycles. The molecule has 0 aliphatic carbocycles. The molecule has 8 heteroatoms. The first-order valence-corrected chi connectivity index (χ1v) is 9.21. The van der Waals surface area contributed by atoms with Gasteiger partial charge in [0.25, 0.3) is 5.78 Å². The van der Waals surface area contributed by atoms with E-state index < -0.39 is 48.4 Å². The molecule has 0 spiro atoms. The first-order valence-electron chi connectivity index (χ1n) is 9.21. The molecule has 2 aromatic carbocycles. The van der Waals surface area contributed by atoms with Gasteiger partial charge in [0.05, 0.1) is 12.0 Å². The van der Waals surface area contributed by atoms with Crippen molar-refractivity contribution >= 4 is 17.7 Å². The summed E-state index contributed by atoms with van der Waals surface area (Å²) in [6.07, 6.45) is -8.74. The van der Waals surface area contributed by atoms with Gasteiger partial charge in [-0.25, -0.2) is 9.59 Å². The minimum absolute atomic E-state index is 0.0979. The topological polar surface area (TPSA) is 69.7 Å². The summed E-state index contributed by atoms with van der Waals surface area (Å²) in [5.74, 6) is -4.05. The monoisotopic (exact) mass is 422 g/mol. The molecule has 0 fully saturated rings. The Hall–Kier alpha value is -3.16. The van der Waals surface area contributed by atoms with Gasteiger partial charge in [-0.1, -0.05) is 55.5 Å². The van der Waals surface area contributed by atoms with Crippen LogP contribution in [0.2, 0.25) is 0 Å². The second-order valence-corrected chi connectivity index (χ2v) is 6.79. The van der Waals surface area contributed by atoms with Crippen LogP contribution in [0.1, 0.15) is 41.0 Å². The Morgan fingerprint density at radius 3 is 1.83 bits per heavy atom. The lowest BCUT2D eigenvalue weighted by molar-refractivity contribution is -0.167. The van der Waals surface area contributed by atoms with Gasteiger partial charge >= 0.3 is 18.1 Å². The number of Topliss-reactive ketones (excluding diaryl/α,β-unsaturated/α-hetero) is 1. The molecule has 0 aliphatic heterocycles. The van der Waals surface area contributed by atoms with E-state index in [0.717, 1.165) is 0 Å². The van der Waals surface area contributed by atoms with Crippen LogP contribution < -0.4 is 0 Å². The van der Waals surface area contributed by atoms with E-state index >= 15 is 0 Å². The number of carbonyl (C=O) groups excluding carboxylic acids is 3. The van der Waals surface area contributed by atoms with Crippen molar-refractivity contribution in [2.24, 2.45) is 5.92 Å². The lowest BCUT2D eigenvalue weighted by Gasteiger charge is -2.29. The SMILES string of the molecule is CC(OC(=O)C(=O)c1ccccc1)C(C)C(CC(F)(F)F)OC(=O)c1ccccc1. The predicted octanol–water partition coefficient (Wildman–Crippen LogP) is 4.62. The smallest absolute Gasteiger partial charge is 0.392 e. The van der Waals surface area contributed by atoms with Crippen LogP contribution in [0.5, 0.6) is 0 Å². The number of benzene rings is 2. The van der Waals surface area contributed by atoms with Gasteiger partial charge in [0, 0.05) is 11.5 Å². The zero-order valence-electron chi connectivity index (χ0n) is 16.4. The van der Waals surface area contributed by atoms with Gasteiger partial charge < -0.3 is 9.47 Å². The number of esters is 2. The van der Waals surface area contributed by atoms with Gasteiger partial charge in [-0.15, -0.1) is 0 Å².